The molecule has 4 nitrogen and oxygen atoms in total. The van der Waals surface area contributed by atoms with Crippen molar-refractivity contribution in [1.29, 1.82) is 0 Å². The number of esters is 1. The van der Waals surface area contributed by atoms with Crippen LogP contribution in [0.15, 0.2) is 41.9 Å². The van der Waals surface area contributed by atoms with E-state index in [1.165, 1.54) is 23.6 Å². The number of aliphatic hydroxyl groups excluding tert-OH is 1. The van der Waals surface area contributed by atoms with Gasteiger partial charge in [0, 0.05) is 11.6 Å². The van der Waals surface area contributed by atoms with Gasteiger partial charge in [0.25, 0.3) is 0 Å². The predicted molar refractivity (Wildman–Crippen MR) is 72.4 cm³/mol. The second kappa shape index (κ2) is 6.55. The van der Waals surface area contributed by atoms with Crippen LogP contribution in [0.4, 0.5) is 8.78 Å². The largest absolute Gasteiger partial charge is 0.457 e. The van der Waals surface area contributed by atoms with Gasteiger partial charge in [0.2, 0.25) is 0 Å². The van der Waals surface area contributed by atoms with Gasteiger partial charge >= 0.3 is 5.97 Å². The maximum absolute atomic E-state index is 13.0. The molecule has 0 amide bonds. The molecule has 2 aromatic rings. The van der Waals surface area contributed by atoms with Crippen molar-refractivity contribution in [2.24, 2.45) is 0 Å². The molecule has 0 aliphatic carbocycles. The number of benzene rings is 1. The van der Waals surface area contributed by atoms with Gasteiger partial charge in [-0.3, -0.25) is 0 Å². The first kappa shape index (κ1) is 15.3. The highest BCUT2D eigenvalue weighted by atomic mass is 32.1. The number of rotatable bonds is 5. The fourth-order valence-electron chi connectivity index (χ4n) is 1.50. The van der Waals surface area contributed by atoms with E-state index in [9.17, 15) is 18.7 Å². The molecule has 1 aromatic heterocycles. The third-order valence-corrected chi connectivity index (χ3v) is 3.46. The van der Waals surface area contributed by atoms with Crippen molar-refractivity contribution < 1.29 is 23.4 Å². The summed E-state index contributed by atoms with van der Waals surface area (Å²) in [5, 5.41) is 11.8. The smallest absolute Gasteiger partial charge is 0.336 e. The lowest BCUT2D eigenvalue weighted by Crippen LogP contribution is -2.13. The third-order valence-electron chi connectivity index (χ3n) is 2.63. The van der Waals surface area contributed by atoms with E-state index in [1.807, 2.05) is 0 Å². The van der Waals surface area contributed by atoms with Gasteiger partial charge in [0.05, 0.1) is 5.57 Å². The number of aromatic nitrogens is 1. The first-order chi connectivity index (χ1) is 9.99. The number of hydrogen-bond donors (Lipinski definition) is 1. The molecule has 0 saturated carbocycles. The van der Waals surface area contributed by atoms with Crippen LogP contribution in [0, 0.1) is 11.6 Å². The molecule has 2 rings (SSSR count). The highest BCUT2D eigenvalue weighted by Crippen LogP contribution is 2.23. The van der Waals surface area contributed by atoms with Crippen LogP contribution in [0.3, 0.4) is 0 Å². The third kappa shape index (κ3) is 3.71. The molecule has 0 saturated heterocycles. The van der Waals surface area contributed by atoms with E-state index in [-0.39, 0.29) is 12.2 Å². The van der Waals surface area contributed by atoms with Gasteiger partial charge in [-0.2, -0.15) is 0 Å². The van der Waals surface area contributed by atoms with Crippen molar-refractivity contribution in [2.45, 2.75) is 12.7 Å². The molecule has 1 atom stereocenters. The summed E-state index contributed by atoms with van der Waals surface area (Å²) in [5.41, 5.74) is 0.117. The van der Waals surface area contributed by atoms with Crippen LogP contribution in [0.5, 0.6) is 0 Å². The van der Waals surface area contributed by atoms with E-state index < -0.39 is 23.7 Å². The second-order valence-corrected chi connectivity index (χ2v) is 5.05. The standard InChI is InChI=1S/C14H11F2NO3S/c1-8(12(18)13-17-4-5-21-13)14(19)20-7-9-2-3-10(15)11(16)6-9/h2-6,12,18H,1,7H2. The molecule has 21 heavy (non-hydrogen) atoms. The van der Waals surface area contributed by atoms with E-state index in [0.29, 0.717) is 10.6 Å². The Morgan fingerprint density at radius 3 is 2.81 bits per heavy atom. The summed E-state index contributed by atoms with van der Waals surface area (Å²) >= 11 is 1.17. The van der Waals surface area contributed by atoms with Gasteiger partial charge < -0.3 is 9.84 Å². The SMILES string of the molecule is C=C(C(=O)OCc1ccc(F)c(F)c1)C(O)c1nccs1. The molecular weight excluding hydrogens is 300 g/mol. The minimum absolute atomic E-state index is 0.174. The molecule has 0 aliphatic rings. The Kier molecular flexibility index (Phi) is 4.77. The molecular formula is C14H11F2NO3S. The number of carbonyl (C=O) groups excluding carboxylic acids is 1. The highest BCUT2D eigenvalue weighted by Gasteiger charge is 2.21. The summed E-state index contributed by atoms with van der Waals surface area (Å²) in [6.45, 7) is 3.21. The van der Waals surface area contributed by atoms with Gasteiger partial charge in [-0.25, -0.2) is 18.6 Å². The van der Waals surface area contributed by atoms with E-state index in [0.717, 1.165) is 12.1 Å². The lowest BCUT2D eigenvalue weighted by atomic mass is 10.2. The number of halogens is 2. The molecule has 0 fully saturated rings. The minimum Gasteiger partial charge on any atom is -0.457 e. The van der Waals surface area contributed by atoms with Gasteiger partial charge in [-0.05, 0) is 17.7 Å². The van der Waals surface area contributed by atoms with Gasteiger partial charge in [0.1, 0.15) is 17.7 Å². The lowest BCUT2D eigenvalue weighted by Gasteiger charge is -2.11. The van der Waals surface area contributed by atoms with E-state index in [1.54, 1.807) is 5.38 Å². The van der Waals surface area contributed by atoms with Crippen molar-refractivity contribution in [1.82, 2.24) is 4.98 Å². The van der Waals surface area contributed by atoms with E-state index in [2.05, 4.69) is 11.6 Å². The second-order valence-electron chi connectivity index (χ2n) is 4.12. The van der Waals surface area contributed by atoms with Crippen LogP contribution in [-0.4, -0.2) is 16.1 Å². The fraction of sp³-hybridized carbons (Fsp3) is 0.143. The van der Waals surface area contributed by atoms with Crippen molar-refractivity contribution >= 4 is 17.3 Å². The molecule has 110 valence electrons. The normalized spacial score (nSPS) is 12.0. The van der Waals surface area contributed by atoms with E-state index in [4.69, 9.17) is 4.74 Å². The average molecular weight is 311 g/mol. The minimum atomic E-state index is -1.25. The van der Waals surface area contributed by atoms with Crippen molar-refractivity contribution in [3.8, 4) is 0 Å². The quantitative estimate of drug-likeness (QED) is 0.681. The van der Waals surface area contributed by atoms with Crippen LogP contribution in [0.2, 0.25) is 0 Å². The molecule has 1 aromatic carbocycles. The number of aliphatic hydroxyl groups is 1. The lowest BCUT2D eigenvalue weighted by molar-refractivity contribution is -0.141. The fourth-order valence-corrected chi connectivity index (χ4v) is 2.16. The Bertz CT molecular complexity index is 658. The van der Waals surface area contributed by atoms with Crippen molar-refractivity contribution in [3.05, 3.63) is 64.1 Å². The van der Waals surface area contributed by atoms with Crippen LogP contribution < -0.4 is 0 Å². The van der Waals surface area contributed by atoms with Crippen LogP contribution in [-0.2, 0) is 16.1 Å². The number of carbonyl (C=O) groups is 1. The zero-order valence-corrected chi connectivity index (χ0v) is 11.6. The van der Waals surface area contributed by atoms with Gasteiger partial charge in [-0.15, -0.1) is 11.3 Å². The summed E-state index contributed by atoms with van der Waals surface area (Å²) in [7, 11) is 0. The molecule has 0 spiro atoms. The molecule has 0 aliphatic heterocycles. The van der Waals surface area contributed by atoms with Gasteiger partial charge in [0.15, 0.2) is 11.6 Å². The zero-order valence-electron chi connectivity index (χ0n) is 10.8. The molecule has 0 radical (unpaired) electrons. The highest BCUT2D eigenvalue weighted by molar-refractivity contribution is 7.09. The Labute approximate surface area is 123 Å². The van der Waals surface area contributed by atoms with Crippen molar-refractivity contribution in [2.75, 3.05) is 0 Å². The Morgan fingerprint density at radius 1 is 1.43 bits per heavy atom. The first-order valence-corrected chi connectivity index (χ1v) is 6.74. The van der Waals surface area contributed by atoms with Crippen LogP contribution in [0.1, 0.15) is 16.7 Å². The summed E-state index contributed by atoms with van der Waals surface area (Å²) in [6.07, 6.45) is 0.241. The maximum atomic E-state index is 13.0. The van der Waals surface area contributed by atoms with Crippen LogP contribution in [0.25, 0.3) is 0 Å². The molecule has 1 unspecified atom stereocenters. The van der Waals surface area contributed by atoms with Crippen LogP contribution >= 0.6 is 11.3 Å². The number of nitrogens with zero attached hydrogens (tertiary/aromatic N) is 1. The topological polar surface area (TPSA) is 59.4 Å². The number of hydrogen-bond acceptors (Lipinski definition) is 5. The molecule has 0 bridgehead atoms. The average Bonchev–Trinajstić information content (AvgIpc) is 3.00. The van der Waals surface area contributed by atoms with Crippen molar-refractivity contribution in [3.63, 3.8) is 0 Å². The zero-order chi connectivity index (χ0) is 15.4. The van der Waals surface area contributed by atoms with Gasteiger partial charge in [-0.1, -0.05) is 12.6 Å². The number of ether oxygens (including phenoxy) is 1. The Morgan fingerprint density at radius 2 is 2.19 bits per heavy atom. The van der Waals surface area contributed by atoms with E-state index >= 15 is 0 Å². The molecule has 1 N–H and O–H groups in total. The monoisotopic (exact) mass is 311 g/mol. The molecule has 1 heterocycles. The summed E-state index contributed by atoms with van der Waals surface area (Å²) in [5.74, 6) is -2.83. The predicted octanol–water partition coefficient (Wildman–Crippen LogP) is 2.75. The molecule has 7 heteroatoms. The summed E-state index contributed by atoms with van der Waals surface area (Å²) < 4.78 is 30.6. The number of thiazole rings is 1. The maximum Gasteiger partial charge on any atom is 0.336 e. The summed E-state index contributed by atoms with van der Waals surface area (Å²) in [6, 6.07) is 3.17. The first-order valence-electron chi connectivity index (χ1n) is 5.86. The Balaban J connectivity index is 1.95. The Hall–Kier alpha value is -2.12. The summed E-state index contributed by atoms with van der Waals surface area (Å²) in [4.78, 5) is 15.6.